The van der Waals surface area contributed by atoms with Gasteiger partial charge in [0.1, 0.15) is 34.0 Å². The van der Waals surface area contributed by atoms with Crippen molar-refractivity contribution in [1.29, 1.82) is 5.26 Å². The van der Waals surface area contributed by atoms with Gasteiger partial charge in [0.15, 0.2) is 0 Å². The molecule has 3 aromatic rings. The number of thiophene rings is 1. The second kappa shape index (κ2) is 8.58. The summed E-state index contributed by atoms with van der Waals surface area (Å²) in [7, 11) is 0. The first-order chi connectivity index (χ1) is 15.0. The molecule has 156 valence electrons. The van der Waals surface area contributed by atoms with Gasteiger partial charge in [0, 0.05) is 11.0 Å². The van der Waals surface area contributed by atoms with E-state index >= 15 is 0 Å². The Kier molecular flexibility index (Phi) is 5.69. The molecule has 0 radical (unpaired) electrons. The molecule has 8 heteroatoms. The lowest BCUT2D eigenvalue weighted by Crippen LogP contribution is -2.19. The Balaban J connectivity index is 1.60. The van der Waals surface area contributed by atoms with Gasteiger partial charge in [0.25, 0.3) is 11.8 Å². The van der Waals surface area contributed by atoms with Crippen LogP contribution in [0.1, 0.15) is 39.4 Å². The molecule has 0 aliphatic heterocycles. The number of furan rings is 1. The molecule has 0 unspecified atom stereocenters. The molecule has 2 heterocycles. The Morgan fingerprint density at radius 1 is 1.19 bits per heavy atom. The summed E-state index contributed by atoms with van der Waals surface area (Å²) in [5.74, 6) is -1.20. The number of primary amides is 1. The highest BCUT2D eigenvalue weighted by atomic mass is 32.1. The topological polar surface area (TPSA) is 109 Å². The number of nitrogens with two attached hydrogens (primary N) is 1. The zero-order valence-corrected chi connectivity index (χ0v) is 17.2. The fraction of sp³-hybridized carbons (Fsp3) is 0.174. The van der Waals surface area contributed by atoms with Crippen LogP contribution in [-0.4, -0.2) is 11.8 Å². The van der Waals surface area contributed by atoms with Crippen LogP contribution in [0.25, 0.3) is 17.4 Å². The summed E-state index contributed by atoms with van der Waals surface area (Å²) in [5.41, 5.74) is 6.83. The van der Waals surface area contributed by atoms with Gasteiger partial charge in [-0.1, -0.05) is 12.1 Å². The maximum absolute atomic E-state index is 14.0. The minimum atomic E-state index is -0.674. The second-order valence-corrected chi connectivity index (χ2v) is 8.19. The van der Waals surface area contributed by atoms with Gasteiger partial charge in [-0.25, -0.2) is 4.39 Å². The maximum atomic E-state index is 14.0. The molecule has 0 bridgehead atoms. The lowest BCUT2D eigenvalue weighted by molar-refractivity contribution is -0.112. The number of carbonyl (C=O) groups excluding carboxylic acids is 2. The van der Waals surface area contributed by atoms with E-state index < -0.39 is 17.6 Å². The van der Waals surface area contributed by atoms with Crippen molar-refractivity contribution in [2.24, 2.45) is 5.73 Å². The fourth-order valence-corrected chi connectivity index (χ4v) is 4.90. The first-order valence-electron chi connectivity index (χ1n) is 9.70. The van der Waals surface area contributed by atoms with Gasteiger partial charge in [-0.3, -0.25) is 9.59 Å². The minimum absolute atomic E-state index is 0.212. The zero-order valence-electron chi connectivity index (χ0n) is 16.4. The van der Waals surface area contributed by atoms with Crippen molar-refractivity contribution in [3.05, 3.63) is 69.6 Å². The smallest absolute Gasteiger partial charge is 0.267 e. The van der Waals surface area contributed by atoms with Gasteiger partial charge in [-0.2, -0.15) is 5.26 Å². The Bertz CT molecular complexity index is 1250. The van der Waals surface area contributed by atoms with E-state index in [1.807, 2.05) is 6.07 Å². The number of hydrogen-bond acceptors (Lipinski definition) is 5. The Hall–Kier alpha value is -3.70. The van der Waals surface area contributed by atoms with Crippen LogP contribution in [0.2, 0.25) is 0 Å². The monoisotopic (exact) mass is 435 g/mol. The molecule has 2 amide bonds. The number of nitrogens with zero attached hydrogens (tertiary/aromatic N) is 1. The summed E-state index contributed by atoms with van der Waals surface area (Å²) < 4.78 is 19.5. The van der Waals surface area contributed by atoms with Crippen LogP contribution in [0.3, 0.4) is 0 Å². The first-order valence-corrected chi connectivity index (χ1v) is 10.5. The van der Waals surface area contributed by atoms with E-state index in [2.05, 4.69) is 5.32 Å². The number of amides is 2. The summed E-state index contributed by atoms with van der Waals surface area (Å²) >= 11 is 1.32. The number of anilines is 1. The van der Waals surface area contributed by atoms with Gasteiger partial charge in [0.2, 0.25) is 0 Å². The molecule has 4 rings (SSSR count). The number of carbonyl (C=O) groups is 2. The average molecular weight is 435 g/mol. The Morgan fingerprint density at radius 2 is 1.97 bits per heavy atom. The molecular formula is C23H18FN3O3S. The van der Waals surface area contributed by atoms with Crippen LogP contribution < -0.4 is 11.1 Å². The molecule has 0 saturated heterocycles. The predicted octanol–water partition coefficient (Wildman–Crippen LogP) is 4.67. The summed E-state index contributed by atoms with van der Waals surface area (Å²) in [5, 5.41) is 12.5. The molecule has 1 aliphatic rings. The highest BCUT2D eigenvalue weighted by molar-refractivity contribution is 7.17. The van der Waals surface area contributed by atoms with E-state index in [0.717, 1.165) is 36.1 Å². The van der Waals surface area contributed by atoms with Crippen LogP contribution >= 0.6 is 11.3 Å². The number of nitriles is 1. The molecule has 0 saturated carbocycles. The minimum Gasteiger partial charge on any atom is -0.457 e. The van der Waals surface area contributed by atoms with Gasteiger partial charge in [0.05, 0.1) is 11.1 Å². The van der Waals surface area contributed by atoms with Crippen molar-refractivity contribution in [1.82, 2.24) is 0 Å². The van der Waals surface area contributed by atoms with E-state index in [4.69, 9.17) is 10.2 Å². The summed E-state index contributed by atoms with van der Waals surface area (Å²) in [6, 6.07) is 11.1. The summed E-state index contributed by atoms with van der Waals surface area (Å²) in [6.07, 6.45) is 4.83. The third kappa shape index (κ3) is 4.13. The normalized spacial score (nSPS) is 13.4. The van der Waals surface area contributed by atoms with Crippen LogP contribution in [0.15, 0.2) is 46.4 Å². The predicted molar refractivity (Wildman–Crippen MR) is 116 cm³/mol. The molecule has 0 fully saturated rings. The van der Waals surface area contributed by atoms with E-state index in [0.29, 0.717) is 10.6 Å². The van der Waals surface area contributed by atoms with Gasteiger partial charge < -0.3 is 15.5 Å². The van der Waals surface area contributed by atoms with Crippen molar-refractivity contribution < 1.29 is 18.4 Å². The van der Waals surface area contributed by atoms with Crippen molar-refractivity contribution in [2.45, 2.75) is 25.7 Å². The van der Waals surface area contributed by atoms with Gasteiger partial charge >= 0.3 is 0 Å². The molecule has 6 nitrogen and oxygen atoms in total. The number of benzene rings is 1. The second-order valence-electron chi connectivity index (χ2n) is 7.09. The number of fused-ring (bicyclic) bond motifs is 1. The SMILES string of the molecule is N#C/C(=C\c1ccc(-c2ccccc2F)o1)C(=O)Nc1sc2c(c1C(N)=O)CCCC2. The Labute approximate surface area is 181 Å². The number of aryl methyl sites for hydroxylation is 1. The van der Waals surface area contributed by atoms with Crippen molar-refractivity contribution in [3.8, 4) is 17.4 Å². The Morgan fingerprint density at radius 3 is 2.71 bits per heavy atom. The lowest BCUT2D eigenvalue weighted by atomic mass is 9.95. The molecule has 0 atom stereocenters. The molecule has 2 aromatic heterocycles. The van der Waals surface area contributed by atoms with Crippen LogP contribution in [0.5, 0.6) is 0 Å². The summed E-state index contributed by atoms with van der Waals surface area (Å²) in [4.78, 5) is 25.7. The van der Waals surface area contributed by atoms with E-state index in [9.17, 15) is 19.2 Å². The van der Waals surface area contributed by atoms with Crippen LogP contribution in [0.4, 0.5) is 9.39 Å². The van der Waals surface area contributed by atoms with E-state index in [-0.39, 0.29) is 22.7 Å². The van der Waals surface area contributed by atoms with Crippen molar-refractivity contribution >= 4 is 34.2 Å². The first kappa shape index (κ1) is 20.6. The molecular weight excluding hydrogens is 417 g/mol. The van der Waals surface area contributed by atoms with E-state index in [1.54, 1.807) is 30.3 Å². The standard InChI is InChI=1S/C23H18FN3O3S/c24-17-7-3-1-5-15(17)18-10-9-14(30-18)11-13(12-25)22(29)27-23-20(21(26)28)16-6-2-4-8-19(16)31-23/h1,3,5,7,9-11H,2,4,6,8H2,(H2,26,28)(H,27,29)/b13-11+. The molecule has 31 heavy (non-hydrogen) atoms. The average Bonchev–Trinajstić information content (AvgIpc) is 3.36. The lowest BCUT2D eigenvalue weighted by Gasteiger charge is -2.11. The number of rotatable bonds is 5. The number of nitrogens with one attached hydrogen (secondary N) is 1. The summed E-state index contributed by atoms with van der Waals surface area (Å²) in [6.45, 7) is 0. The van der Waals surface area contributed by atoms with Crippen LogP contribution in [-0.2, 0) is 17.6 Å². The molecule has 0 spiro atoms. The third-order valence-corrected chi connectivity index (χ3v) is 6.27. The molecule has 1 aliphatic carbocycles. The molecule has 1 aromatic carbocycles. The third-order valence-electron chi connectivity index (χ3n) is 5.06. The number of halogens is 1. The van der Waals surface area contributed by atoms with Gasteiger partial charge in [-0.15, -0.1) is 11.3 Å². The van der Waals surface area contributed by atoms with Crippen LogP contribution in [0, 0.1) is 17.1 Å². The zero-order chi connectivity index (χ0) is 22.0. The maximum Gasteiger partial charge on any atom is 0.267 e. The largest absolute Gasteiger partial charge is 0.457 e. The number of hydrogen-bond donors (Lipinski definition) is 2. The van der Waals surface area contributed by atoms with E-state index in [1.165, 1.54) is 23.5 Å². The van der Waals surface area contributed by atoms with Gasteiger partial charge in [-0.05, 0) is 55.5 Å². The highest BCUT2D eigenvalue weighted by Gasteiger charge is 2.25. The quantitative estimate of drug-likeness (QED) is 0.448. The van der Waals surface area contributed by atoms with Crippen molar-refractivity contribution in [3.63, 3.8) is 0 Å². The molecule has 3 N–H and O–H groups in total. The highest BCUT2D eigenvalue weighted by Crippen LogP contribution is 2.38. The van der Waals surface area contributed by atoms with Crippen molar-refractivity contribution in [2.75, 3.05) is 5.32 Å². The fourth-order valence-electron chi connectivity index (χ4n) is 3.61.